The van der Waals surface area contributed by atoms with E-state index in [9.17, 15) is 9.59 Å². The van der Waals surface area contributed by atoms with E-state index in [1.807, 2.05) is 92.7 Å². The van der Waals surface area contributed by atoms with Crippen molar-refractivity contribution < 1.29 is 19.1 Å². The van der Waals surface area contributed by atoms with Gasteiger partial charge in [0.1, 0.15) is 17.5 Å². The highest BCUT2D eigenvalue weighted by Gasteiger charge is 2.30. The summed E-state index contributed by atoms with van der Waals surface area (Å²) in [7, 11) is 1.62. The summed E-state index contributed by atoms with van der Waals surface area (Å²) in [5, 5.41) is 3.01. The summed E-state index contributed by atoms with van der Waals surface area (Å²) in [5.41, 5.74) is 3.16. The molecule has 0 spiro atoms. The molecular formula is C31H38N2O4. The molecule has 0 radical (unpaired) electrons. The monoisotopic (exact) mass is 502 g/mol. The average molecular weight is 503 g/mol. The lowest BCUT2D eigenvalue weighted by Gasteiger charge is -2.31. The van der Waals surface area contributed by atoms with E-state index < -0.39 is 6.04 Å². The van der Waals surface area contributed by atoms with Crippen LogP contribution in [0.15, 0.2) is 78.9 Å². The number of carbonyl (C=O) groups is 2. The minimum absolute atomic E-state index is 0.0634. The number of ether oxygens (including phenoxy) is 2. The standard InChI is InChI=1S/C31H38N2O4/c1-4-20-32-31(35)29(22-25-9-6-5-7-10-25)33(23-26-14-12-24(2)13-15-26)30(34)11-8-21-37-28-18-16-27(36-3)17-19-28/h5-7,9-10,12-19,29H,4,8,11,20-23H2,1-3H3,(H,32,35)/t29-/m1/s1. The smallest absolute Gasteiger partial charge is 0.243 e. The van der Waals surface area contributed by atoms with Crippen molar-refractivity contribution in [3.05, 3.63) is 95.6 Å². The third kappa shape index (κ3) is 8.98. The molecule has 37 heavy (non-hydrogen) atoms. The fourth-order valence-corrected chi connectivity index (χ4v) is 4.04. The molecular weight excluding hydrogens is 464 g/mol. The van der Waals surface area contributed by atoms with Crippen LogP contribution in [-0.2, 0) is 22.6 Å². The molecule has 1 N–H and O–H groups in total. The summed E-state index contributed by atoms with van der Waals surface area (Å²) < 4.78 is 11.0. The highest BCUT2D eigenvalue weighted by atomic mass is 16.5. The number of methoxy groups -OCH3 is 1. The molecule has 0 saturated heterocycles. The number of hydrogen-bond acceptors (Lipinski definition) is 4. The van der Waals surface area contributed by atoms with Gasteiger partial charge in [-0.05, 0) is 55.2 Å². The van der Waals surface area contributed by atoms with Gasteiger partial charge in [-0.1, -0.05) is 67.1 Å². The fraction of sp³-hybridized carbons (Fsp3) is 0.355. The van der Waals surface area contributed by atoms with Crippen LogP contribution in [0.5, 0.6) is 11.5 Å². The lowest BCUT2D eigenvalue weighted by Crippen LogP contribution is -2.50. The maximum atomic E-state index is 13.6. The van der Waals surface area contributed by atoms with Gasteiger partial charge in [-0.15, -0.1) is 0 Å². The molecule has 3 aromatic carbocycles. The van der Waals surface area contributed by atoms with Gasteiger partial charge in [0.15, 0.2) is 0 Å². The fourth-order valence-electron chi connectivity index (χ4n) is 4.04. The van der Waals surface area contributed by atoms with Gasteiger partial charge in [0.05, 0.1) is 13.7 Å². The third-order valence-corrected chi connectivity index (χ3v) is 6.16. The summed E-state index contributed by atoms with van der Waals surface area (Å²) in [6.45, 7) is 5.40. The van der Waals surface area contributed by atoms with Crippen molar-refractivity contribution in [3.8, 4) is 11.5 Å². The van der Waals surface area contributed by atoms with E-state index in [0.29, 0.717) is 32.5 Å². The van der Waals surface area contributed by atoms with E-state index in [-0.39, 0.29) is 18.2 Å². The van der Waals surface area contributed by atoms with Crippen molar-refractivity contribution in [2.45, 2.75) is 52.1 Å². The highest BCUT2D eigenvalue weighted by molar-refractivity contribution is 5.88. The van der Waals surface area contributed by atoms with Gasteiger partial charge in [-0.25, -0.2) is 0 Å². The molecule has 0 aliphatic carbocycles. The van der Waals surface area contributed by atoms with Gasteiger partial charge in [0, 0.05) is 25.9 Å². The maximum absolute atomic E-state index is 13.6. The largest absolute Gasteiger partial charge is 0.497 e. The molecule has 3 rings (SSSR count). The summed E-state index contributed by atoms with van der Waals surface area (Å²) in [6.07, 6.45) is 2.12. The number of carbonyl (C=O) groups excluding carboxylic acids is 2. The molecule has 0 aromatic heterocycles. The Labute approximate surface area is 220 Å². The predicted octanol–water partition coefficient (Wildman–Crippen LogP) is 5.33. The number of benzene rings is 3. The van der Waals surface area contributed by atoms with Crippen LogP contribution in [0, 0.1) is 6.92 Å². The molecule has 2 amide bonds. The summed E-state index contributed by atoms with van der Waals surface area (Å²) >= 11 is 0. The molecule has 6 heteroatoms. The first kappa shape index (κ1) is 27.8. The van der Waals surface area contributed by atoms with Crippen molar-refractivity contribution in [3.63, 3.8) is 0 Å². The Hall–Kier alpha value is -3.80. The Morgan fingerprint density at radius 1 is 0.892 bits per heavy atom. The molecule has 0 unspecified atom stereocenters. The number of aryl methyl sites for hydroxylation is 1. The van der Waals surface area contributed by atoms with Gasteiger partial charge in [0.25, 0.3) is 0 Å². The lowest BCUT2D eigenvalue weighted by molar-refractivity contribution is -0.141. The molecule has 0 saturated carbocycles. The maximum Gasteiger partial charge on any atom is 0.243 e. The van der Waals surface area contributed by atoms with E-state index in [0.717, 1.165) is 34.6 Å². The first-order valence-electron chi connectivity index (χ1n) is 12.9. The van der Waals surface area contributed by atoms with E-state index in [2.05, 4.69) is 5.32 Å². The Bertz CT molecular complexity index is 1100. The second kappa shape index (κ2) is 14.7. The zero-order chi connectivity index (χ0) is 26.5. The molecule has 0 aliphatic heterocycles. The second-order valence-electron chi connectivity index (χ2n) is 9.13. The van der Waals surface area contributed by atoms with Gasteiger partial charge in [-0.2, -0.15) is 0 Å². The van der Waals surface area contributed by atoms with E-state index in [1.54, 1.807) is 12.0 Å². The van der Waals surface area contributed by atoms with Crippen LogP contribution in [-0.4, -0.2) is 43.0 Å². The van der Waals surface area contributed by atoms with E-state index >= 15 is 0 Å². The first-order chi connectivity index (χ1) is 18.0. The number of hydrogen-bond donors (Lipinski definition) is 1. The minimum atomic E-state index is -0.606. The third-order valence-electron chi connectivity index (χ3n) is 6.16. The zero-order valence-electron chi connectivity index (χ0n) is 22.1. The van der Waals surface area contributed by atoms with Gasteiger partial charge < -0.3 is 19.7 Å². The van der Waals surface area contributed by atoms with Crippen molar-refractivity contribution in [2.24, 2.45) is 0 Å². The SMILES string of the molecule is CCCNC(=O)[C@@H](Cc1ccccc1)N(Cc1ccc(C)cc1)C(=O)CCCOc1ccc(OC)cc1. The molecule has 0 aliphatic rings. The van der Waals surface area contributed by atoms with Crippen LogP contribution in [0.4, 0.5) is 0 Å². The molecule has 196 valence electrons. The van der Waals surface area contributed by atoms with Gasteiger partial charge >= 0.3 is 0 Å². The molecule has 3 aromatic rings. The normalized spacial score (nSPS) is 11.4. The molecule has 0 heterocycles. The Morgan fingerprint density at radius 2 is 1.57 bits per heavy atom. The van der Waals surface area contributed by atoms with Crippen LogP contribution in [0.2, 0.25) is 0 Å². The minimum Gasteiger partial charge on any atom is -0.497 e. The topological polar surface area (TPSA) is 67.9 Å². The summed E-state index contributed by atoms with van der Waals surface area (Å²) in [4.78, 5) is 28.6. The van der Waals surface area contributed by atoms with Crippen LogP contribution < -0.4 is 14.8 Å². The number of nitrogens with zero attached hydrogens (tertiary/aromatic N) is 1. The lowest BCUT2D eigenvalue weighted by atomic mass is 10.0. The molecule has 1 atom stereocenters. The van der Waals surface area contributed by atoms with Crippen molar-refractivity contribution >= 4 is 11.8 Å². The predicted molar refractivity (Wildman–Crippen MR) is 147 cm³/mol. The van der Waals surface area contributed by atoms with Crippen molar-refractivity contribution in [2.75, 3.05) is 20.3 Å². The van der Waals surface area contributed by atoms with Crippen LogP contribution in [0.25, 0.3) is 0 Å². The zero-order valence-corrected chi connectivity index (χ0v) is 22.1. The molecule has 6 nitrogen and oxygen atoms in total. The van der Waals surface area contributed by atoms with Crippen molar-refractivity contribution in [1.29, 1.82) is 0 Å². The van der Waals surface area contributed by atoms with Crippen LogP contribution in [0.3, 0.4) is 0 Å². The average Bonchev–Trinajstić information content (AvgIpc) is 2.93. The molecule has 0 bridgehead atoms. The molecule has 0 fully saturated rings. The van der Waals surface area contributed by atoms with Crippen LogP contribution >= 0.6 is 0 Å². The highest BCUT2D eigenvalue weighted by Crippen LogP contribution is 2.19. The summed E-state index contributed by atoms with van der Waals surface area (Å²) in [5.74, 6) is 1.30. The Kier molecular flexibility index (Phi) is 11.0. The Morgan fingerprint density at radius 3 is 2.22 bits per heavy atom. The first-order valence-corrected chi connectivity index (χ1v) is 12.9. The van der Waals surface area contributed by atoms with Crippen LogP contribution in [0.1, 0.15) is 42.9 Å². The summed E-state index contributed by atoms with van der Waals surface area (Å²) in [6, 6.07) is 24.7. The number of amides is 2. The van der Waals surface area contributed by atoms with E-state index in [4.69, 9.17) is 9.47 Å². The number of rotatable bonds is 14. The Balaban J connectivity index is 1.74. The van der Waals surface area contributed by atoms with Crippen molar-refractivity contribution in [1.82, 2.24) is 10.2 Å². The van der Waals surface area contributed by atoms with Gasteiger partial charge in [0.2, 0.25) is 11.8 Å². The van der Waals surface area contributed by atoms with Gasteiger partial charge in [-0.3, -0.25) is 9.59 Å². The second-order valence-corrected chi connectivity index (χ2v) is 9.13. The number of nitrogens with one attached hydrogen (secondary N) is 1. The van der Waals surface area contributed by atoms with E-state index in [1.165, 1.54) is 0 Å². The quantitative estimate of drug-likeness (QED) is 0.303.